The van der Waals surface area contributed by atoms with E-state index >= 15 is 0 Å². The molecule has 0 radical (unpaired) electrons. The Kier molecular flexibility index (Phi) is 6.55. The molecule has 0 aliphatic heterocycles. The highest BCUT2D eigenvalue weighted by Gasteiger charge is 2.18. The van der Waals surface area contributed by atoms with Gasteiger partial charge in [-0.3, -0.25) is 0 Å². The molecule has 0 spiro atoms. The SMILES string of the molecule is CC(C)(C)c1ccc2c(ccc3oc(=O)c(-c4ccc5cc(-c6cc7c(ccc8cc(C(C)(C)C)ccc87)oc6=O)ccc5c4)cc32)c1. The van der Waals surface area contributed by atoms with E-state index in [0.29, 0.717) is 22.3 Å². The van der Waals surface area contributed by atoms with Crippen molar-refractivity contribution in [3.8, 4) is 22.3 Å². The van der Waals surface area contributed by atoms with Crippen LogP contribution >= 0.6 is 0 Å². The summed E-state index contributed by atoms with van der Waals surface area (Å²) in [6.07, 6.45) is 0. The van der Waals surface area contributed by atoms with Gasteiger partial charge in [0.2, 0.25) is 0 Å². The summed E-state index contributed by atoms with van der Waals surface area (Å²) >= 11 is 0. The normalized spacial score (nSPS) is 12.5. The lowest BCUT2D eigenvalue weighted by molar-refractivity contribution is 0.563. The summed E-state index contributed by atoms with van der Waals surface area (Å²) in [6, 6.07) is 36.6. The van der Waals surface area contributed by atoms with E-state index in [4.69, 9.17) is 8.83 Å². The number of fused-ring (bicyclic) bond motifs is 7. The maximum absolute atomic E-state index is 13.2. The van der Waals surface area contributed by atoms with Gasteiger partial charge in [0.25, 0.3) is 0 Å². The molecule has 4 nitrogen and oxygen atoms in total. The minimum atomic E-state index is -0.375. The van der Waals surface area contributed by atoms with E-state index in [1.54, 1.807) is 0 Å². The van der Waals surface area contributed by atoms with Gasteiger partial charge in [-0.25, -0.2) is 9.59 Å². The Hall–Kier alpha value is -5.48. The van der Waals surface area contributed by atoms with Gasteiger partial charge < -0.3 is 8.83 Å². The average molecular weight is 629 g/mol. The zero-order valence-corrected chi connectivity index (χ0v) is 28.0. The molecule has 0 bridgehead atoms. The molecule has 236 valence electrons. The van der Waals surface area contributed by atoms with Crippen molar-refractivity contribution in [2.24, 2.45) is 0 Å². The molecule has 0 atom stereocenters. The summed E-state index contributed by atoms with van der Waals surface area (Å²) in [7, 11) is 0. The third-order valence-corrected chi connectivity index (χ3v) is 9.66. The summed E-state index contributed by atoms with van der Waals surface area (Å²) in [5, 5.41) is 8.04. The van der Waals surface area contributed by atoms with Gasteiger partial charge in [0.1, 0.15) is 11.2 Å². The van der Waals surface area contributed by atoms with E-state index < -0.39 is 0 Å². The molecule has 0 aliphatic carbocycles. The molecule has 0 aliphatic rings. The molecule has 0 saturated heterocycles. The van der Waals surface area contributed by atoms with E-state index in [2.05, 4.69) is 77.9 Å². The largest absolute Gasteiger partial charge is 0.422 e. The molecule has 8 rings (SSSR count). The third kappa shape index (κ3) is 5.00. The van der Waals surface area contributed by atoms with Crippen LogP contribution in [0.4, 0.5) is 0 Å². The zero-order chi connectivity index (χ0) is 33.5. The fraction of sp³-hybridized carbons (Fsp3) is 0.182. The number of hydrogen-bond acceptors (Lipinski definition) is 4. The van der Waals surface area contributed by atoms with E-state index in [-0.39, 0.29) is 22.1 Å². The van der Waals surface area contributed by atoms with Crippen LogP contribution in [0.2, 0.25) is 0 Å². The molecular formula is C44H36O4. The molecular weight excluding hydrogens is 592 g/mol. The van der Waals surface area contributed by atoms with Gasteiger partial charge in [-0.15, -0.1) is 0 Å². The minimum Gasteiger partial charge on any atom is -0.422 e. The van der Waals surface area contributed by atoms with Crippen molar-refractivity contribution in [2.45, 2.75) is 52.4 Å². The number of hydrogen-bond donors (Lipinski definition) is 0. The van der Waals surface area contributed by atoms with E-state index in [1.165, 1.54) is 11.1 Å². The highest BCUT2D eigenvalue weighted by atomic mass is 16.4. The van der Waals surface area contributed by atoms with Crippen LogP contribution in [-0.4, -0.2) is 0 Å². The molecule has 0 N–H and O–H groups in total. The van der Waals surface area contributed by atoms with Gasteiger partial charge in [0.05, 0.1) is 11.1 Å². The number of benzene rings is 6. The Bertz CT molecular complexity index is 2540. The predicted molar refractivity (Wildman–Crippen MR) is 199 cm³/mol. The first kappa shape index (κ1) is 29.9. The Balaban J connectivity index is 1.21. The molecule has 4 heteroatoms. The Morgan fingerprint density at radius 1 is 0.396 bits per heavy atom. The standard InChI is InChI=1S/C44H36O4/c1-43(2,3)31-13-15-33-29(21-31)11-17-39-37(33)23-35(41(45)47-39)27-9-7-26-20-28(10-8-25(26)19-27)36-24-38-34-16-14-32(44(4,5)6)22-30(34)12-18-40(38)48-42(36)46/h7-24H,1-6H3. The fourth-order valence-electron chi connectivity index (χ4n) is 6.78. The second kappa shape index (κ2) is 10.5. The second-order valence-electron chi connectivity index (χ2n) is 15.0. The van der Waals surface area contributed by atoms with Crippen molar-refractivity contribution in [1.29, 1.82) is 0 Å². The monoisotopic (exact) mass is 628 g/mol. The topological polar surface area (TPSA) is 60.4 Å². The quantitative estimate of drug-likeness (QED) is 0.141. The fourth-order valence-corrected chi connectivity index (χ4v) is 6.78. The summed E-state index contributed by atoms with van der Waals surface area (Å²) in [5.41, 5.74) is 5.55. The maximum Gasteiger partial charge on any atom is 0.344 e. The molecule has 0 amide bonds. The predicted octanol–water partition coefficient (Wildman–Crippen LogP) is 11.3. The van der Waals surface area contributed by atoms with Crippen molar-refractivity contribution in [3.05, 3.63) is 141 Å². The summed E-state index contributed by atoms with van der Waals surface area (Å²) in [5.74, 6) is 0. The highest BCUT2D eigenvalue weighted by Crippen LogP contribution is 2.35. The van der Waals surface area contributed by atoms with Crippen molar-refractivity contribution in [3.63, 3.8) is 0 Å². The van der Waals surface area contributed by atoms with Gasteiger partial charge in [0.15, 0.2) is 0 Å². The van der Waals surface area contributed by atoms with Gasteiger partial charge in [0, 0.05) is 10.8 Å². The van der Waals surface area contributed by atoms with E-state index in [0.717, 1.165) is 54.2 Å². The van der Waals surface area contributed by atoms with Crippen LogP contribution in [0.3, 0.4) is 0 Å². The van der Waals surface area contributed by atoms with Crippen LogP contribution in [0.5, 0.6) is 0 Å². The minimum absolute atomic E-state index is 0.0334. The lowest BCUT2D eigenvalue weighted by Gasteiger charge is -2.19. The summed E-state index contributed by atoms with van der Waals surface area (Å²) in [6.45, 7) is 13.2. The van der Waals surface area contributed by atoms with Crippen LogP contribution in [-0.2, 0) is 10.8 Å². The molecule has 0 fully saturated rings. The molecule has 48 heavy (non-hydrogen) atoms. The molecule has 2 heterocycles. The van der Waals surface area contributed by atoms with Gasteiger partial charge in [-0.2, -0.15) is 0 Å². The maximum atomic E-state index is 13.2. The average Bonchev–Trinajstić information content (AvgIpc) is 3.05. The van der Waals surface area contributed by atoms with Gasteiger partial charge >= 0.3 is 11.3 Å². The molecule has 8 aromatic rings. The lowest BCUT2D eigenvalue weighted by Crippen LogP contribution is -2.10. The first-order chi connectivity index (χ1) is 22.8. The summed E-state index contributed by atoms with van der Waals surface area (Å²) in [4.78, 5) is 26.4. The first-order valence-electron chi connectivity index (χ1n) is 16.4. The summed E-state index contributed by atoms with van der Waals surface area (Å²) < 4.78 is 11.7. The van der Waals surface area contributed by atoms with Gasteiger partial charge in [-0.05, 0) is 102 Å². The number of rotatable bonds is 2. The molecule has 0 saturated carbocycles. The van der Waals surface area contributed by atoms with Crippen LogP contribution in [0.1, 0.15) is 52.7 Å². The van der Waals surface area contributed by atoms with Crippen molar-refractivity contribution in [1.82, 2.24) is 0 Å². The van der Waals surface area contributed by atoms with E-state index in [9.17, 15) is 9.59 Å². The van der Waals surface area contributed by atoms with Crippen LogP contribution in [0, 0.1) is 0 Å². The molecule has 2 aromatic heterocycles. The zero-order valence-electron chi connectivity index (χ0n) is 28.0. The van der Waals surface area contributed by atoms with Crippen molar-refractivity contribution < 1.29 is 8.83 Å². The van der Waals surface area contributed by atoms with Crippen LogP contribution < -0.4 is 11.3 Å². The van der Waals surface area contributed by atoms with Crippen molar-refractivity contribution in [2.75, 3.05) is 0 Å². The Morgan fingerprint density at radius 2 is 0.792 bits per heavy atom. The highest BCUT2D eigenvalue weighted by molar-refractivity contribution is 6.08. The van der Waals surface area contributed by atoms with Crippen LogP contribution in [0.15, 0.2) is 128 Å². The Labute approximate surface area is 278 Å². The third-order valence-electron chi connectivity index (χ3n) is 9.66. The van der Waals surface area contributed by atoms with Crippen molar-refractivity contribution >= 4 is 54.3 Å². The van der Waals surface area contributed by atoms with E-state index in [1.807, 2.05) is 72.8 Å². The molecule has 0 unspecified atom stereocenters. The lowest BCUT2D eigenvalue weighted by atomic mass is 9.85. The van der Waals surface area contributed by atoms with Gasteiger partial charge in [-0.1, -0.05) is 114 Å². The smallest absolute Gasteiger partial charge is 0.344 e. The molecule has 6 aromatic carbocycles. The second-order valence-corrected chi connectivity index (χ2v) is 15.0. The van der Waals surface area contributed by atoms with Crippen LogP contribution in [0.25, 0.3) is 76.5 Å². The Morgan fingerprint density at radius 3 is 1.19 bits per heavy atom. The first-order valence-corrected chi connectivity index (χ1v) is 16.4.